The summed E-state index contributed by atoms with van der Waals surface area (Å²) in [7, 11) is 5.62. The van der Waals surface area contributed by atoms with Gasteiger partial charge in [-0.15, -0.1) is 0 Å². The van der Waals surface area contributed by atoms with Crippen LogP contribution in [0, 0.1) is 5.82 Å². The molecule has 8 nitrogen and oxygen atoms in total. The third kappa shape index (κ3) is 4.84. The average Bonchev–Trinajstić information content (AvgIpc) is 3.52. The standard InChI is InChI=1S/C20H28FN7O/c1-27-10-8-15(9-11-27)28(2)20-25-18(22-13-4-5-13)24-19(26-20)23-14-6-7-17(29-3)16(21)12-14/h6-7,12-13,15H,4-5,8-11H2,1-3H3,(H2,22,23,24,25,26). The molecule has 0 unspecified atom stereocenters. The first-order valence-electron chi connectivity index (χ1n) is 10.1. The highest BCUT2D eigenvalue weighted by molar-refractivity contribution is 5.57. The summed E-state index contributed by atoms with van der Waals surface area (Å²) >= 11 is 0. The fourth-order valence-corrected chi connectivity index (χ4v) is 3.47. The number of aromatic nitrogens is 3. The van der Waals surface area contributed by atoms with Crippen molar-refractivity contribution in [2.75, 3.05) is 49.8 Å². The number of benzene rings is 1. The molecule has 1 aromatic heterocycles. The molecule has 0 radical (unpaired) electrons. The van der Waals surface area contributed by atoms with Gasteiger partial charge in [-0.3, -0.25) is 0 Å². The Bertz CT molecular complexity index is 853. The van der Waals surface area contributed by atoms with E-state index in [4.69, 9.17) is 4.74 Å². The molecule has 0 amide bonds. The van der Waals surface area contributed by atoms with Gasteiger partial charge in [0.05, 0.1) is 7.11 Å². The van der Waals surface area contributed by atoms with Crippen molar-refractivity contribution in [3.05, 3.63) is 24.0 Å². The Morgan fingerprint density at radius 3 is 2.48 bits per heavy atom. The first kappa shape index (κ1) is 19.6. The number of nitrogens with one attached hydrogen (secondary N) is 2. The minimum atomic E-state index is -0.438. The van der Waals surface area contributed by atoms with E-state index < -0.39 is 5.82 Å². The van der Waals surface area contributed by atoms with Crippen molar-refractivity contribution >= 4 is 23.5 Å². The first-order chi connectivity index (χ1) is 14.0. The Labute approximate surface area is 170 Å². The molecule has 2 aromatic rings. The van der Waals surface area contributed by atoms with Crippen molar-refractivity contribution in [2.24, 2.45) is 0 Å². The second kappa shape index (κ2) is 8.36. The van der Waals surface area contributed by atoms with Gasteiger partial charge in [0.2, 0.25) is 17.8 Å². The number of hydrogen-bond donors (Lipinski definition) is 2. The van der Waals surface area contributed by atoms with Crippen LogP contribution < -0.4 is 20.3 Å². The van der Waals surface area contributed by atoms with Gasteiger partial charge in [0.15, 0.2) is 11.6 Å². The third-order valence-electron chi connectivity index (χ3n) is 5.49. The summed E-state index contributed by atoms with van der Waals surface area (Å²) in [5.74, 6) is 1.32. The molecule has 0 spiro atoms. The molecule has 1 aliphatic carbocycles. The minimum absolute atomic E-state index is 0.199. The Balaban J connectivity index is 1.57. The van der Waals surface area contributed by atoms with Gasteiger partial charge in [-0.25, -0.2) is 4.39 Å². The molecule has 2 aliphatic rings. The van der Waals surface area contributed by atoms with Gasteiger partial charge in [-0.2, -0.15) is 15.0 Å². The van der Waals surface area contributed by atoms with E-state index in [1.54, 1.807) is 12.1 Å². The summed E-state index contributed by atoms with van der Waals surface area (Å²) in [6, 6.07) is 5.49. The van der Waals surface area contributed by atoms with Crippen LogP contribution in [0.1, 0.15) is 25.7 Å². The lowest BCUT2D eigenvalue weighted by molar-refractivity contribution is 0.252. The molecule has 1 saturated heterocycles. The van der Waals surface area contributed by atoms with Gasteiger partial charge in [0, 0.05) is 30.9 Å². The maximum atomic E-state index is 14.1. The summed E-state index contributed by atoms with van der Waals surface area (Å²) in [4.78, 5) is 18.2. The number of nitrogens with zero attached hydrogens (tertiary/aromatic N) is 5. The van der Waals surface area contributed by atoms with Crippen molar-refractivity contribution in [3.63, 3.8) is 0 Å². The monoisotopic (exact) mass is 401 g/mol. The van der Waals surface area contributed by atoms with Crippen LogP contribution in [0.3, 0.4) is 0 Å². The van der Waals surface area contributed by atoms with E-state index in [9.17, 15) is 4.39 Å². The molecule has 1 aromatic carbocycles. The SMILES string of the molecule is COc1ccc(Nc2nc(NC3CC3)nc(N(C)C3CCN(C)CC3)n2)cc1F. The van der Waals surface area contributed by atoms with Crippen LogP contribution >= 0.6 is 0 Å². The predicted molar refractivity (Wildman–Crippen MR) is 112 cm³/mol. The first-order valence-corrected chi connectivity index (χ1v) is 10.1. The van der Waals surface area contributed by atoms with Gasteiger partial charge in [0.25, 0.3) is 0 Å². The fourth-order valence-electron chi connectivity index (χ4n) is 3.47. The van der Waals surface area contributed by atoms with Gasteiger partial charge < -0.3 is 25.2 Å². The lowest BCUT2D eigenvalue weighted by Crippen LogP contribution is -2.42. The van der Waals surface area contributed by atoms with Gasteiger partial charge in [-0.05, 0) is 58.0 Å². The second-order valence-corrected chi connectivity index (χ2v) is 7.82. The van der Waals surface area contributed by atoms with E-state index in [0.29, 0.717) is 35.6 Å². The molecular formula is C20H28FN7O. The molecule has 1 aliphatic heterocycles. The second-order valence-electron chi connectivity index (χ2n) is 7.82. The lowest BCUT2D eigenvalue weighted by atomic mass is 10.0. The van der Waals surface area contributed by atoms with Gasteiger partial charge >= 0.3 is 0 Å². The Hall–Kier alpha value is -2.68. The molecule has 0 atom stereocenters. The highest BCUT2D eigenvalue weighted by atomic mass is 19.1. The number of halogens is 1. The molecule has 2 N–H and O–H groups in total. The van der Waals surface area contributed by atoms with Crippen LogP contribution in [0.4, 0.5) is 27.9 Å². The lowest BCUT2D eigenvalue weighted by Gasteiger charge is -2.35. The Morgan fingerprint density at radius 2 is 1.83 bits per heavy atom. The van der Waals surface area contributed by atoms with Crippen molar-refractivity contribution in [2.45, 2.75) is 37.8 Å². The number of methoxy groups -OCH3 is 1. The van der Waals surface area contributed by atoms with E-state index >= 15 is 0 Å². The van der Waals surface area contributed by atoms with Crippen LogP contribution in [-0.4, -0.2) is 66.2 Å². The molecule has 9 heteroatoms. The van der Waals surface area contributed by atoms with E-state index in [1.807, 2.05) is 7.05 Å². The number of anilines is 4. The molecule has 1 saturated carbocycles. The molecule has 2 heterocycles. The van der Waals surface area contributed by atoms with Crippen LogP contribution in [0.2, 0.25) is 0 Å². The van der Waals surface area contributed by atoms with Gasteiger partial charge in [-0.1, -0.05) is 0 Å². The largest absolute Gasteiger partial charge is 0.494 e. The van der Waals surface area contributed by atoms with Crippen LogP contribution in [0.15, 0.2) is 18.2 Å². The van der Waals surface area contributed by atoms with Crippen molar-refractivity contribution in [3.8, 4) is 5.75 Å². The van der Waals surface area contributed by atoms with Crippen molar-refractivity contribution in [1.29, 1.82) is 0 Å². The van der Waals surface area contributed by atoms with Crippen LogP contribution in [-0.2, 0) is 0 Å². The molecular weight excluding hydrogens is 373 g/mol. The molecule has 2 fully saturated rings. The zero-order chi connectivity index (χ0) is 20.4. The minimum Gasteiger partial charge on any atom is -0.494 e. The molecule has 4 rings (SSSR count). The summed E-state index contributed by atoms with van der Waals surface area (Å²) in [6.07, 6.45) is 4.38. The fraction of sp³-hybridized carbons (Fsp3) is 0.550. The number of hydrogen-bond acceptors (Lipinski definition) is 8. The smallest absolute Gasteiger partial charge is 0.233 e. The number of ether oxygens (including phenoxy) is 1. The predicted octanol–water partition coefficient (Wildman–Crippen LogP) is 2.87. The Morgan fingerprint density at radius 1 is 1.10 bits per heavy atom. The van der Waals surface area contributed by atoms with Gasteiger partial charge in [0.1, 0.15) is 0 Å². The van der Waals surface area contributed by atoms with E-state index in [2.05, 4.69) is 42.4 Å². The summed E-state index contributed by atoms with van der Waals surface area (Å²) in [6.45, 7) is 2.12. The zero-order valence-corrected chi connectivity index (χ0v) is 17.2. The summed E-state index contributed by atoms with van der Waals surface area (Å²) in [5.41, 5.74) is 0.555. The summed E-state index contributed by atoms with van der Waals surface area (Å²) < 4.78 is 19.0. The normalized spacial score (nSPS) is 17.8. The number of piperidine rings is 1. The highest BCUT2D eigenvalue weighted by Gasteiger charge is 2.26. The number of likely N-dealkylation sites (tertiary alicyclic amines) is 1. The Kier molecular flexibility index (Phi) is 5.66. The molecule has 29 heavy (non-hydrogen) atoms. The maximum Gasteiger partial charge on any atom is 0.233 e. The maximum absolute atomic E-state index is 14.1. The van der Waals surface area contributed by atoms with Crippen molar-refractivity contribution in [1.82, 2.24) is 19.9 Å². The van der Waals surface area contributed by atoms with E-state index in [0.717, 1.165) is 38.8 Å². The van der Waals surface area contributed by atoms with Crippen LogP contribution in [0.5, 0.6) is 5.75 Å². The number of rotatable bonds is 7. The van der Waals surface area contributed by atoms with E-state index in [-0.39, 0.29) is 5.75 Å². The summed E-state index contributed by atoms with van der Waals surface area (Å²) in [5, 5.41) is 6.45. The molecule has 0 bridgehead atoms. The zero-order valence-electron chi connectivity index (χ0n) is 17.2. The van der Waals surface area contributed by atoms with Crippen molar-refractivity contribution < 1.29 is 9.13 Å². The van der Waals surface area contributed by atoms with E-state index in [1.165, 1.54) is 13.2 Å². The third-order valence-corrected chi connectivity index (χ3v) is 5.49. The highest BCUT2D eigenvalue weighted by Crippen LogP contribution is 2.27. The average molecular weight is 401 g/mol. The van der Waals surface area contributed by atoms with Crippen LogP contribution in [0.25, 0.3) is 0 Å². The quantitative estimate of drug-likeness (QED) is 0.733. The topological polar surface area (TPSA) is 78.4 Å². The molecule has 156 valence electrons.